The van der Waals surface area contributed by atoms with Crippen molar-refractivity contribution in [3.63, 3.8) is 0 Å². The van der Waals surface area contributed by atoms with Crippen LogP contribution in [0.1, 0.15) is 45.4 Å². The lowest BCUT2D eigenvalue weighted by atomic mass is 10.1. The summed E-state index contributed by atoms with van der Waals surface area (Å²) >= 11 is 0. The second-order valence-corrected chi connectivity index (χ2v) is 5.19. The van der Waals surface area contributed by atoms with Gasteiger partial charge in [0.05, 0.1) is 13.6 Å². The van der Waals surface area contributed by atoms with Gasteiger partial charge in [-0.25, -0.2) is 18.7 Å². The van der Waals surface area contributed by atoms with E-state index in [4.69, 9.17) is 19.8 Å². The molecule has 0 unspecified atom stereocenters. The van der Waals surface area contributed by atoms with Crippen molar-refractivity contribution in [2.24, 2.45) is 7.05 Å². The van der Waals surface area contributed by atoms with E-state index >= 15 is 0 Å². The van der Waals surface area contributed by atoms with Crippen molar-refractivity contribution in [1.82, 2.24) is 4.57 Å². The number of aryl methyl sites for hydroxylation is 2. The summed E-state index contributed by atoms with van der Waals surface area (Å²) < 4.78 is 43.4. The zero-order valence-electron chi connectivity index (χ0n) is 14.4. The molecule has 0 aromatic carbocycles. The Morgan fingerprint density at radius 2 is 1.44 bits per heavy atom. The molecule has 0 radical (unpaired) electrons. The van der Waals surface area contributed by atoms with E-state index in [0.29, 0.717) is 0 Å². The summed E-state index contributed by atoms with van der Waals surface area (Å²) in [6.07, 6.45) is 14.6. The van der Waals surface area contributed by atoms with Crippen molar-refractivity contribution in [3.8, 4) is 0 Å². The maximum absolute atomic E-state index is 9.75. The van der Waals surface area contributed by atoms with Crippen molar-refractivity contribution >= 4 is 19.2 Å². The normalized spacial score (nSPS) is 10.2. The van der Waals surface area contributed by atoms with Gasteiger partial charge in [0.15, 0.2) is 0 Å². The first-order valence-electron chi connectivity index (χ1n) is 7.82. The number of rotatable bonds is 7. The molecular weight excluding hydrogens is 347 g/mol. The van der Waals surface area contributed by atoms with Crippen LogP contribution in [0.25, 0.3) is 0 Å². The fraction of sp³-hybridized carbons (Fsp3) is 0.643. The molecule has 0 saturated heterocycles. The molecule has 0 aliphatic carbocycles. The van der Waals surface area contributed by atoms with E-state index in [0.717, 1.165) is 0 Å². The summed E-state index contributed by atoms with van der Waals surface area (Å²) in [5.74, 6) is -3.65. The number of aliphatic carboxylic acids is 2. The van der Waals surface area contributed by atoms with E-state index in [9.17, 15) is 17.3 Å². The molecule has 0 atom stereocenters. The van der Waals surface area contributed by atoms with Crippen molar-refractivity contribution < 1.29 is 41.6 Å². The Labute approximate surface area is 144 Å². The van der Waals surface area contributed by atoms with Gasteiger partial charge in [0.25, 0.3) is 0 Å². The molecule has 0 aliphatic rings. The second kappa shape index (κ2) is 14.3. The number of carbonyl (C=O) groups is 2. The average molecular weight is 372 g/mol. The van der Waals surface area contributed by atoms with Crippen molar-refractivity contribution in [3.05, 3.63) is 18.7 Å². The number of unbranched alkanes of at least 4 members (excludes halogenated alkanes) is 5. The van der Waals surface area contributed by atoms with Crippen LogP contribution in [0.4, 0.5) is 17.3 Å². The molecule has 2 N–H and O–H groups in total. The highest BCUT2D eigenvalue weighted by atomic mass is 19.5. The minimum atomic E-state index is -6.00. The smallest absolute Gasteiger partial charge is 0.473 e. The SMILES string of the molecule is CCCCCCCC[n+]1ccn(C)c1.F[B-](F)(F)F.O=C(O)C(=O)O. The van der Waals surface area contributed by atoms with Gasteiger partial charge in [-0.05, 0) is 12.8 Å². The number of imidazole rings is 1. The molecule has 0 saturated carbocycles. The fourth-order valence-corrected chi connectivity index (χ4v) is 1.71. The van der Waals surface area contributed by atoms with Gasteiger partial charge in [0.2, 0.25) is 6.33 Å². The van der Waals surface area contributed by atoms with Crippen LogP contribution >= 0.6 is 0 Å². The Balaban J connectivity index is 0. The molecule has 0 spiro atoms. The highest BCUT2D eigenvalue weighted by Crippen LogP contribution is 2.06. The van der Waals surface area contributed by atoms with Gasteiger partial charge in [-0.3, -0.25) is 0 Å². The minimum absolute atomic E-state index is 1.17. The lowest BCUT2D eigenvalue weighted by Gasteiger charge is -1.98. The zero-order valence-corrected chi connectivity index (χ0v) is 14.4. The van der Waals surface area contributed by atoms with Crippen LogP contribution in [-0.4, -0.2) is 34.0 Å². The largest absolute Gasteiger partial charge is 0.673 e. The standard InChI is InChI=1S/C12H23N2.C2H2O4.BF4/c1-3-4-5-6-7-8-9-14-11-10-13(2)12-14;3-1(4)2(5)6;2-1(3,4)5/h10-12H,3-9H2,1-2H3;(H,3,4)(H,5,6);/q+1;;-1. The molecule has 0 bridgehead atoms. The van der Waals surface area contributed by atoms with E-state index in [2.05, 4.69) is 41.8 Å². The third-order valence-electron chi connectivity index (χ3n) is 2.78. The summed E-state index contributed by atoms with van der Waals surface area (Å²) in [6.45, 7) is 3.44. The zero-order chi connectivity index (χ0) is 19.9. The Morgan fingerprint density at radius 3 is 1.80 bits per heavy atom. The first-order valence-corrected chi connectivity index (χ1v) is 7.82. The van der Waals surface area contributed by atoms with Crippen LogP contribution in [0.3, 0.4) is 0 Å². The molecule has 146 valence electrons. The Hall–Kier alpha value is -2.07. The van der Waals surface area contributed by atoms with Crippen LogP contribution in [0.2, 0.25) is 0 Å². The molecule has 0 aliphatic heterocycles. The summed E-state index contributed by atoms with van der Waals surface area (Å²) in [5.41, 5.74) is 0. The fourth-order valence-electron chi connectivity index (χ4n) is 1.71. The predicted molar refractivity (Wildman–Crippen MR) is 84.4 cm³/mol. The van der Waals surface area contributed by atoms with Gasteiger partial charge < -0.3 is 27.5 Å². The van der Waals surface area contributed by atoms with Crippen molar-refractivity contribution in [2.45, 2.75) is 52.0 Å². The Bertz CT molecular complexity index is 477. The van der Waals surface area contributed by atoms with Gasteiger partial charge in [-0.15, -0.1) is 0 Å². The van der Waals surface area contributed by atoms with Gasteiger partial charge in [-0.2, -0.15) is 0 Å². The first-order chi connectivity index (χ1) is 11.5. The second-order valence-electron chi connectivity index (χ2n) is 5.19. The van der Waals surface area contributed by atoms with Gasteiger partial charge >= 0.3 is 19.2 Å². The quantitative estimate of drug-likeness (QED) is 0.253. The van der Waals surface area contributed by atoms with Gasteiger partial charge in [0.1, 0.15) is 12.4 Å². The van der Waals surface area contributed by atoms with Crippen LogP contribution in [0.15, 0.2) is 18.7 Å². The maximum atomic E-state index is 9.75. The van der Waals surface area contributed by atoms with Gasteiger partial charge in [0, 0.05) is 0 Å². The van der Waals surface area contributed by atoms with Crippen LogP contribution in [0, 0.1) is 0 Å². The Morgan fingerprint density at radius 1 is 1.00 bits per heavy atom. The van der Waals surface area contributed by atoms with Crippen LogP contribution < -0.4 is 4.57 Å². The van der Waals surface area contributed by atoms with Crippen molar-refractivity contribution in [2.75, 3.05) is 0 Å². The predicted octanol–water partition coefficient (Wildman–Crippen LogP) is 3.13. The average Bonchev–Trinajstić information content (AvgIpc) is 2.87. The number of halogens is 4. The molecule has 0 fully saturated rings. The number of hydrogen-bond acceptors (Lipinski definition) is 2. The number of hydrogen-bond donors (Lipinski definition) is 2. The van der Waals surface area contributed by atoms with Gasteiger partial charge in [-0.1, -0.05) is 32.6 Å². The monoisotopic (exact) mass is 372 g/mol. The molecule has 0 amide bonds. The van der Waals surface area contributed by atoms with E-state index in [1.54, 1.807) is 0 Å². The molecular formula is C14H25BF4N2O4. The maximum Gasteiger partial charge on any atom is 0.673 e. The van der Waals surface area contributed by atoms with E-state index in [1.165, 1.54) is 45.1 Å². The molecule has 1 heterocycles. The Kier molecular flexibility index (Phi) is 14.4. The van der Waals surface area contributed by atoms with E-state index < -0.39 is 19.2 Å². The van der Waals surface area contributed by atoms with E-state index in [-0.39, 0.29) is 0 Å². The minimum Gasteiger partial charge on any atom is -0.473 e. The first kappa shape index (κ1) is 25.2. The van der Waals surface area contributed by atoms with E-state index in [1.807, 2.05) is 0 Å². The third-order valence-corrected chi connectivity index (χ3v) is 2.78. The van der Waals surface area contributed by atoms with Crippen molar-refractivity contribution in [1.29, 1.82) is 0 Å². The summed E-state index contributed by atoms with van der Waals surface area (Å²) in [7, 11) is -3.93. The molecule has 1 aromatic rings. The summed E-state index contributed by atoms with van der Waals surface area (Å²) in [6, 6.07) is 0. The summed E-state index contributed by atoms with van der Waals surface area (Å²) in [4.78, 5) is 18.2. The highest BCUT2D eigenvalue weighted by molar-refractivity contribution is 6.50. The molecule has 11 heteroatoms. The summed E-state index contributed by atoms with van der Waals surface area (Å²) in [5, 5.41) is 14.8. The molecule has 6 nitrogen and oxygen atoms in total. The number of carboxylic acid groups (broad SMARTS) is 2. The molecule has 1 rings (SSSR count). The molecule has 1 aromatic heterocycles. The highest BCUT2D eigenvalue weighted by Gasteiger charge is 2.20. The van der Waals surface area contributed by atoms with Crippen LogP contribution in [-0.2, 0) is 23.2 Å². The number of nitrogens with zero attached hydrogens (tertiary/aromatic N) is 2. The number of carboxylic acids is 2. The third kappa shape index (κ3) is 24.3. The lowest BCUT2D eigenvalue weighted by Crippen LogP contribution is -2.30. The topological polar surface area (TPSA) is 83.4 Å². The molecule has 25 heavy (non-hydrogen) atoms. The number of aromatic nitrogens is 2. The lowest BCUT2D eigenvalue weighted by molar-refractivity contribution is -0.696. The van der Waals surface area contributed by atoms with Crippen LogP contribution in [0.5, 0.6) is 0 Å².